The van der Waals surface area contributed by atoms with Crippen molar-refractivity contribution in [2.45, 2.75) is 26.7 Å². The van der Waals surface area contributed by atoms with Gasteiger partial charge in [0.25, 0.3) is 0 Å². The lowest BCUT2D eigenvalue weighted by Gasteiger charge is -2.08. The number of hydrogen-bond donors (Lipinski definition) is 1. The van der Waals surface area contributed by atoms with Gasteiger partial charge in [-0.15, -0.1) is 22.7 Å². The van der Waals surface area contributed by atoms with Gasteiger partial charge in [0.2, 0.25) is 0 Å². The molecule has 0 saturated heterocycles. The lowest BCUT2D eigenvalue weighted by Crippen LogP contribution is -2.06. The number of ether oxygens (including phenoxy) is 1. The van der Waals surface area contributed by atoms with Crippen molar-refractivity contribution in [2.75, 3.05) is 12.3 Å². The lowest BCUT2D eigenvalue weighted by atomic mass is 9.99. The number of nitrogens with two attached hydrogens (primary N) is 1. The SMILES string of the molecule is CCOC(=O)c1sc(-c2cc(Cl)sc2Cl)c(C(C)C)c1N. The van der Waals surface area contributed by atoms with Crippen molar-refractivity contribution >= 4 is 57.5 Å². The molecule has 0 fully saturated rings. The topological polar surface area (TPSA) is 52.3 Å². The summed E-state index contributed by atoms with van der Waals surface area (Å²) in [6.45, 7) is 6.13. The third kappa shape index (κ3) is 3.21. The first-order chi connectivity index (χ1) is 9.86. The van der Waals surface area contributed by atoms with E-state index in [1.165, 1.54) is 22.7 Å². The molecule has 2 aromatic heterocycles. The molecule has 2 rings (SSSR count). The number of rotatable bonds is 4. The number of hydrogen-bond acceptors (Lipinski definition) is 5. The van der Waals surface area contributed by atoms with Crippen LogP contribution in [0.3, 0.4) is 0 Å². The minimum atomic E-state index is -0.398. The largest absolute Gasteiger partial charge is 0.462 e. The van der Waals surface area contributed by atoms with Gasteiger partial charge in [-0.25, -0.2) is 4.79 Å². The molecule has 3 nitrogen and oxygen atoms in total. The van der Waals surface area contributed by atoms with E-state index >= 15 is 0 Å². The van der Waals surface area contributed by atoms with Crippen molar-refractivity contribution in [3.05, 3.63) is 25.2 Å². The highest BCUT2D eigenvalue weighted by Gasteiger charge is 2.26. The Balaban J connectivity index is 2.63. The number of halogens is 2. The van der Waals surface area contributed by atoms with Gasteiger partial charge < -0.3 is 10.5 Å². The number of esters is 1. The summed E-state index contributed by atoms with van der Waals surface area (Å²) in [7, 11) is 0. The molecule has 114 valence electrons. The maximum Gasteiger partial charge on any atom is 0.350 e. The molecule has 0 unspecified atom stereocenters. The van der Waals surface area contributed by atoms with Crippen LogP contribution in [0.4, 0.5) is 5.69 Å². The van der Waals surface area contributed by atoms with Crippen molar-refractivity contribution in [1.29, 1.82) is 0 Å². The Hall–Kier alpha value is -0.750. The van der Waals surface area contributed by atoms with Crippen LogP contribution < -0.4 is 5.73 Å². The van der Waals surface area contributed by atoms with E-state index < -0.39 is 5.97 Å². The zero-order chi connectivity index (χ0) is 15.7. The summed E-state index contributed by atoms with van der Waals surface area (Å²) in [4.78, 5) is 13.3. The molecule has 2 N–H and O–H groups in total. The van der Waals surface area contributed by atoms with Crippen LogP contribution in [-0.2, 0) is 4.74 Å². The minimum Gasteiger partial charge on any atom is -0.462 e. The minimum absolute atomic E-state index is 0.161. The average molecular weight is 364 g/mol. The molecule has 0 aliphatic heterocycles. The molecule has 0 aromatic carbocycles. The van der Waals surface area contributed by atoms with Crippen LogP contribution in [0.1, 0.15) is 41.9 Å². The average Bonchev–Trinajstić information content (AvgIpc) is 2.89. The van der Waals surface area contributed by atoms with E-state index in [-0.39, 0.29) is 5.92 Å². The van der Waals surface area contributed by atoms with Gasteiger partial charge in [0.1, 0.15) is 9.21 Å². The molecule has 0 aliphatic rings. The second-order valence-corrected chi connectivity index (χ2v) is 8.01. The molecule has 0 amide bonds. The van der Waals surface area contributed by atoms with Gasteiger partial charge in [0, 0.05) is 10.4 Å². The number of nitrogen functional groups attached to an aromatic ring is 1. The molecule has 0 spiro atoms. The van der Waals surface area contributed by atoms with Crippen LogP contribution in [0.2, 0.25) is 8.67 Å². The van der Waals surface area contributed by atoms with Crippen molar-refractivity contribution in [3.63, 3.8) is 0 Å². The number of thiophene rings is 2. The van der Waals surface area contributed by atoms with Crippen LogP contribution in [0.15, 0.2) is 6.07 Å². The predicted octanol–water partition coefficient (Wildman–Crippen LogP) is 5.67. The second kappa shape index (κ2) is 6.57. The van der Waals surface area contributed by atoms with Gasteiger partial charge in [0.15, 0.2) is 0 Å². The Kier molecular flexibility index (Phi) is 5.20. The van der Waals surface area contributed by atoms with Gasteiger partial charge in [-0.3, -0.25) is 0 Å². The van der Waals surface area contributed by atoms with Crippen LogP contribution in [0, 0.1) is 0 Å². The molecule has 0 bridgehead atoms. The van der Waals surface area contributed by atoms with Gasteiger partial charge in [-0.1, -0.05) is 37.0 Å². The van der Waals surface area contributed by atoms with E-state index in [2.05, 4.69) is 0 Å². The summed E-state index contributed by atoms with van der Waals surface area (Å²) >= 11 is 14.9. The Morgan fingerprint density at radius 2 is 2.05 bits per heavy atom. The highest BCUT2D eigenvalue weighted by molar-refractivity contribution is 7.22. The third-order valence-corrected chi connectivity index (χ3v) is 5.65. The van der Waals surface area contributed by atoms with Gasteiger partial charge >= 0.3 is 5.97 Å². The molecule has 0 aliphatic carbocycles. The first-order valence-corrected chi connectivity index (χ1v) is 8.80. The van der Waals surface area contributed by atoms with Gasteiger partial charge in [-0.05, 0) is 24.5 Å². The fourth-order valence-electron chi connectivity index (χ4n) is 2.07. The summed E-state index contributed by atoms with van der Waals surface area (Å²) in [5.41, 5.74) is 8.38. The standard InChI is InChI=1S/C14H15Cl2NO2S2/c1-4-19-14(18)12-10(17)9(6(2)3)11(21-12)7-5-8(15)20-13(7)16/h5-6H,4,17H2,1-3H3. The van der Waals surface area contributed by atoms with E-state index in [1.807, 2.05) is 13.8 Å². The third-order valence-electron chi connectivity index (χ3n) is 2.92. The Morgan fingerprint density at radius 1 is 1.38 bits per heavy atom. The maximum atomic E-state index is 12.0. The molecular formula is C14H15Cl2NO2S2. The first kappa shape index (κ1) is 16.6. The van der Waals surface area contributed by atoms with Crippen molar-refractivity contribution in [1.82, 2.24) is 0 Å². The zero-order valence-corrected chi connectivity index (χ0v) is 15.0. The Bertz CT molecular complexity index is 677. The predicted molar refractivity (Wildman–Crippen MR) is 92.1 cm³/mol. The maximum absolute atomic E-state index is 12.0. The Morgan fingerprint density at radius 3 is 2.52 bits per heavy atom. The van der Waals surface area contributed by atoms with E-state index in [0.717, 1.165) is 16.0 Å². The van der Waals surface area contributed by atoms with Crippen LogP contribution >= 0.6 is 45.9 Å². The quantitative estimate of drug-likeness (QED) is 0.712. The van der Waals surface area contributed by atoms with Crippen molar-refractivity contribution in [2.24, 2.45) is 0 Å². The lowest BCUT2D eigenvalue weighted by molar-refractivity contribution is 0.0533. The molecule has 0 radical (unpaired) electrons. The van der Waals surface area contributed by atoms with Crippen LogP contribution in [0.5, 0.6) is 0 Å². The summed E-state index contributed by atoms with van der Waals surface area (Å²) in [6.07, 6.45) is 0. The normalized spacial score (nSPS) is 11.1. The summed E-state index contributed by atoms with van der Waals surface area (Å²) in [5.74, 6) is -0.236. The highest BCUT2D eigenvalue weighted by Crippen LogP contribution is 2.48. The van der Waals surface area contributed by atoms with E-state index in [9.17, 15) is 4.79 Å². The summed E-state index contributed by atoms with van der Waals surface area (Å²) < 4.78 is 6.26. The molecule has 7 heteroatoms. The van der Waals surface area contributed by atoms with Crippen molar-refractivity contribution < 1.29 is 9.53 Å². The monoisotopic (exact) mass is 363 g/mol. The van der Waals surface area contributed by atoms with E-state index in [0.29, 0.717) is 25.8 Å². The molecule has 21 heavy (non-hydrogen) atoms. The summed E-state index contributed by atoms with van der Waals surface area (Å²) in [5, 5.41) is 0. The van der Waals surface area contributed by atoms with E-state index in [4.69, 9.17) is 33.7 Å². The zero-order valence-electron chi connectivity index (χ0n) is 11.8. The molecular weight excluding hydrogens is 349 g/mol. The smallest absolute Gasteiger partial charge is 0.350 e. The van der Waals surface area contributed by atoms with Gasteiger partial charge in [-0.2, -0.15) is 0 Å². The fraction of sp³-hybridized carbons (Fsp3) is 0.357. The number of anilines is 1. The van der Waals surface area contributed by atoms with Crippen LogP contribution in [-0.4, -0.2) is 12.6 Å². The number of carbonyl (C=O) groups excluding carboxylic acids is 1. The highest BCUT2D eigenvalue weighted by atomic mass is 35.5. The van der Waals surface area contributed by atoms with Crippen molar-refractivity contribution in [3.8, 4) is 10.4 Å². The molecule has 0 atom stereocenters. The molecule has 2 aromatic rings. The second-order valence-electron chi connectivity index (χ2n) is 4.70. The van der Waals surface area contributed by atoms with Crippen LogP contribution in [0.25, 0.3) is 10.4 Å². The van der Waals surface area contributed by atoms with E-state index in [1.54, 1.807) is 13.0 Å². The first-order valence-electron chi connectivity index (χ1n) is 6.41. The number of carbonyl (C=O) groups is 1. The molecule has 0 saturated carbocycles. The van der Waals surface area contributed by atoms with Gasteiger partial charge in [0.05, 0.1) is 16.6 Å². The molecule has 2 heterocycles. The summed E-state index contributed by atoms with van der Waals surface area (Å²) in [6, 6.07) is 1.81. The Labute approximate surface area is 141 Å². The fourth-order valence-corrected chi connectivity index (χ4v) is 4.96.